The highest BCUT2D eigenvalue weighted by atomic mass is 16.5. The summed E-state index contributed by atoms with van der Waals surface area (Å²) in [5.41, 5.74) is 7.44. The van der Waals surface area contributed by atoms with Crippen molar-refractivity contribution in [3.63, 3.8) is 0 Å². The summed E-state index contributed by atoms with van der Waals surface area (Å²) in [5.74, 6) is 0.920. The molecule has 4 heteroatoms. The maximum absolute atomic E-state index is 5.84. The van der Waals surface area contributed by atoms with Crippen LogP contribution >= 0.6 is 0 Å². The quantitative estimate of drug-likeness (QED) is 0.903. The average Bonchev–Trinajstić information content (AvgIpc) is 2.43. The summed E-state index contributed by atoms with van der Waals surface area (Å²) in [5, 5.41) is 0. The van der Waals surface area contributed by atoms with Gasteiger partial charge in [0.2, 0.25) is 11.8 Å². The third-order valence-electron chi connectivity index (χ3n) is 2.78. The second kappa shape index (κ2) is 6.28. The van der Waals surface area contributed by atoms with Gasteiger partial charge in [0, 0.05) is 6.07 Å². The van der Waals surface area contributed by atoms with E-state index in [0.717, 1.165) is 5.56 Å². The predicted molar refractivity (Wildman–Crippen MR) is 79.9 cm³/mol. The Bertz CT molecular complexity index is 556. The normalized spacial score (nSPS) is 12.2. The maximum Gasteiger partial charge on any atom is 0.240 e. The lowest BCUT2D eigenvalue weighted by atomic mass is 10.1. The molecule has 0 aliphatic heterocycles. The number of rotatable bonds is 5. The lowest BCUT2D eigenvalue weighted by molar-refractivity contribution is 0.203. The van der Waals surface area contributed by atoms with E-state index in [0.29, 0.717) is 17.4 Å². The van der Waals surface area contributed by atoms with Crippen molar-refractivity contribution in [3.05, 3.63) is 48.0 Å². The number of anilines is 1. The van der Waals surface area contributed by atoms with Gasteiger partial charge in [0.1, 0.15) is 6.10 Å². The Morgan fingerprint density at radius 2 is 1.65 bits per heavy atom. The van der Waals surface area contributed by atoms with Gasteiger partial charge in [0.25, 0.3) is 0 Å². The van der Waals surface area contributed by atoms with Crippen LogP contribution in [0.25, 0.3) is 0 Å². The van der Waals surface area contributed by atoms with Gasteiger partial charge >= 0.3 is 0 Å². The molecule has 0 amide bonds. The van der Waals surface area contributed by atoms with Crippen LogP contribution in [-0.4, -0.2) is 11.1 Å². The first-order valence-corrected chi connectivity index (χ1v) is 6.71. The molecule has 0 spiro atoms. The van der Waals surface area contributed by atoms with Crippen molar-refractivity contribution in [3.8, 4) is 11.8 Å². The van der Waals surface area contributed by atoms with Gasteiger partial charge in [-0.3, -0.25) is 0 Å². The van der Waals surface area contributed by atoms with Gasteiger partial charge in [-0.05, 0) is 32.4 Å². The number of nitrogens with two attached hydrogens (primary N) is 1. The summed E-state index contributed by atoms with van der Waals surface area (Å²) in [6.07, 6.45) is -0.0641. The summed E-state index contributed by atoms with van der Waals surface area (Å²) in [6.45, 7) is 5.85. The topological polar surface area (TPSA) is 57.4 Å². The average molecular weight is 272 g/mol. The highest BCUT2D eigenvalue weighted by Gasteiger charge is 2.11. The molecule has 2 aromatic rings. The van der Waals surface area contributed by atoms with Crippen molar-refractivity contribution in [1.29, 1.82) is 0 Å². The fourth-order valence-corrected chi connectivity index (χ4v) is 1.79. The van der Waals surface area contributed by atoms with Crippen LogP contribution < -0.4 is 15.2 Å². The van der Waals surface area contributed by atoms with Gasteiger partial charge in [-0.1, -0.05) is 30.3 Å². The van der Waals surface area contributed by atoms with E-state index in [1.54, 1.807) is 12.1 Å². The Morgan fingerprint density at radius 3 is 2.30 bits per heavy atom. The largest absolute Gasteiger partial charge is 0.473 e. The molecule has 2 N–H and O–H groups in total. The SMILES string of the molecule is CC(C)Oc1nc(OC(C)c2ccccc2)ccc1N. The van der Waals surface area contributed by atoms with Crippen LogP contribution in [0.4, 0.5) is 5.69 Å². The summed E-state index contributed by atoms with van der Waals surface area (Å²) >= 11 is 0. The Labute approximate surface area is 119 Å². The highest BCUT2D eigenvalue weighted by Crippen LogP contribution is 2.26. The summed E-state index contributed by atoms with van der Waals surface area (Å²) in [4.78, 5) is 4.31. The van der Waals surface area contributed by atoms with Gasteiger partial charge < -0.3 is 15.2 Å². The monoisotopic (exact) mass is 272 g/mol. The second-order valence-electron chi connectivity index (χ2n) is 4.88. The van der Waals surface area contributed by atoms with E-state index in [9.17, 15) is 0 Å². The van der Waals surface area contributed by atoms with Gasteiger partial charge in [-0.15, -0.1) is 0 Å². The molecular formula is C16H20N2O2. The van der Waals surface area contributed by atoms with Crippen molar-refractivity contribution >= 4 is 5.69 Å². The molecule has 0 bridgehead atoms. The molecule has 2 rings (SSSR count). The minimum atomic E-state index is -0.0841. The zero-order valence-corrected chi connectivity index (χ0v) is 12.0. The minimum Gasteiger partial charge on any atom is -0.473 e. The van der Waals surface area contributed by atoms with Gasteiger partial charge in [0.15, 0.2) is 0 Å². The Kier molecular flexibility index (Phi) is 4.45. The zero-order valence-electron chi connectivity index (χ0n) is 12.0. The Morgan fingerprint density at radius 1 is 0.950 bits per heavy atom. The van der Waals surface area contributed by atoms with E-state index in [4.69, 9.17) is 15.2 Å². The number of benzene rings is 1. The van der Waals surface area contributed by atoms with Gasteiger partial charge in [0.05, 0.1) is 11.8 Å². The summed E-state index contributed by atoms with van der Waals surface area (Å²) in [6, 6.07) is 13.5. The van der Waals surface area contributed by atoms with E-state index < -0.39 is 0 Å². The number of nitrogens with zero attached hydrogens (tertiary/aromatic N) is 1. The number of hydrogen-bond acceptors (Lipinski definition) is 4. The summed E-state index contributed by atoms with van der Waals surface area (Å²) in [7, 11) is 0. The lowest BCUT2D eigenvalue weighted by Gasteiger charge is -2.16. The van der Waals surface area contributed by atoms with Crippen molar-refractivity contribution < 1.29 is 9.47 Å². The number of ether oxygens (including phenoxy) is 2. The Balaban J connectivity index is 2.13. The van der Waals surface area contributed by atoms with Crippen molar-refractivity contribution in [2.75, 3.05) is 5.73 Å². The fraction of sp³-hybridized carbons (Fsp3) is 0.312. The molecule has 0 aliphatic carbocycles. The minimum absolute atomic E-state index is 0.0200. The van der Waals surface area contributed by atoms with Crippen molar-refractivity contribution in [2.24, 2.45) is 0 Å². The number of nitrogen functional groups attached to an aromatic ring is 1. The number of pyridine rings is 1. The highest BCUT2D eigenvalue weighted by molar-refractivity contribution is 5.49. The van der Waals surface area contributed by atoms with E-state index in [-0.39, 0.29) is 12.2 Å². The third-order valence-corrected chi connectivity index (χ3v) is 2.78. The van der Waals surface area contributed by atoms with Crippen LogP contribution in [0.3, 0.4) is 0 Å². The molecule has 1 heterocycles. The van der Waals surface area contributed by atoms with Gasteiger partial charge in [-0.2, -0.15) is 4.98 Å². The molecule has 0 aliphatic rings. The van der Waals surface area contributed by atoms with Crippen LogP contribution in [-0.2, 0) is 0 Å². The van der Waals surface area contributed by atoms with Crippen LogP contribution in [0.1, 0.15) is 32.4 Å². The van der Waals surface area contributed by atoms with Crippen LogP contribution in [0.5, 0.6) is 11.8 Å². The second-order valence-corrected chi connectivity index (χ2v) is 4.88. The fourth-order valence-electron chi connectivity index (χ4n) is 1.79. The molecule has 0 radical (unpaired) electrons. The van der Waals surface area contributed by atoms with Gasteiger partial charge in [-0.25, -0.2) is 0 Å². The molecule has 0 saturated heterocycles. The van der Waals surface area contributed by atoms with Crippen molar-refractivity contribution in [1.82, 2.24) is 4.98 Å². The predicted octanol–water partition coefficient (Wildman–Crippen LogP) is 3.59. The lowest BCUT2D eigenvalue weighted by Crippen LogP contribution is -2.10. The molecule has 0 fully saturated rings. The molecule has 1 unspecified atom stereocenters. The number of hydrogen-bond donors (Lipinski definition) is 1. The molecule has 4 nitrogen and oxygen atoms in total. The maximum atomic E-state index is 5.84. The molecule has 1 atom stereocenters. The smallest absolute Gasteiger partial charge is 0.240 e. The van der Waals surface area contributed by atoms with E-state index in [2.05, 4.69) is 4.98 Å². The molecule has 106 valence electrons. The Hall–Kier alpha value is -2.23. The molecule has 0 saturated carbocycles. The molecule has 1 aromatic heterocycles. The summed E-state index contributed by atoms with van der Waals surface area (Å²) < 4.78 is 11.4. The van der Waals surface area contributed by atoms with Crippen LogP contribution in [0, 0.1) is 0 Å². The van der Waals surface area contributed by atoms with E-state index >= 15 is 0 Å². The molecular weight excluding hydrogens is 252 g/mol. The first-order chi connectivity index (χ1) is 9.56. The molecule has 1 aromatic carbocycles. The zero-order chi connectivity index (χ0) is 14.5. The standard InChI is InChI=1S/C16H20N2O2/c1-11(2)19-16-14(17)9-10-15(18-16)20-12(3)13-7-5-4-6-8-13/h4-12H,17H2,1-3H3. The van der Waals surface area contributed by atoms with Crippen LogP contribution in [0.15, 0.2) is 42.5 Å². The number of aromatic nitrogens is 1. The first kappa shape index (κ1) is 14.2. The third kappa shape index (κ3) is 3.63. The van der Waals surface area contributed by atoms with E-state index in [1.807, 2.05) is 51.1 Å². The van der Waals surface area contributed by atoms with Crippen LogP contribution in [0.2, 0.25) is 0 Å². The first-order valence-electron chi connectivity index (χ1n) is 6.71. The molecule has 20 heavy (non-hydrogen) atoms. The van der Waals surface area contributed by atoms with E-state index in [1.165, 1.54) is 0 Å². The van der Waals surface area contributed by atoms with Crippen molar-refractivity contribution in [2.45, 2.75) is 33.0 Å².